The quantitative estimate of drug-likeness (QED) is 0.593. The Morgan fingerprint density at radius 2 is 2.00 bits per heavy atom. The molecule has 0 saturated carbocycles. The Morgan fingerprint density at radius 1 is 1.21 bits per heavy atom. The molecule has 7 heteroatoms. The third-order valence-corrected chi connectivity index (χ3v) is 5.38. The number of hydrogen-bond acceptors (Lipinski definition) is 5. The Morgan fingerprint density at radius 3 is 2.66 bits per heavy atom. The molecule has 2 aromatic carbocycles. The molecule has 0 spiro atoms. The average molecular weight is 440 g/mol. The Balaban J connectivity index is 1.58. The Kier molecular flexibility index (Phi) is 8.45. The third-order valence-electron chi connectivity index (χ3n) is 4.85. The Labute approximate surface area is 182 Å². The summed E-state index contributed by atoms with van der Waals surface area (Å²) in [5, 5.41) is 11.5. The van der Waals surface area contributed by atoms with Gasteiger partial charge in [-0.3, -0.25) is 4.90 Å². The van der Waals surface area contributed by atoms with Crippen molar-refractivity contribution in [2.45, 2.75) is 31.6 Å². The number of benzene rings is 2. The van der Waals surface area contributed by atoms with Crippen LogP contribution in [0, 0.1) is 0 Å². The summed E-state index contributed by atoms with van der Waals surface area (Å²) in [6.07, 6.45) is 1.67. The molecule has 0 bridgehead atoms. The van der Waals surface area contributed by atoms with Crippen molar-refractivity contribution in [3.63, 3.8) is 0 Å². The lowest BCUT2D eigenvalue weighted by Gasteiger charge is -2.27. The molecule has 0 amide bonds. The third kappa shape index (κ3) is 7.05. The maximum Gasteiger partial charge on any atom is 0.138 e. The topological polar surface area (TPSA) is 51.2 Å². The molecule has 0 aromatic heterocycles. The summed E-state index contributed by atoms with van der Waals surface area (Å²) in [6.45, 7) is 2.90. The van der Waals surface area contributed by atoms with Crippen LogP contribution in [0.5, 0.6) is 11.5 Å². The summed E-state index contributed by atoms with van der Waals surface area (Å²) in [6, 6.07) is 13.0. The van der Waals surface area contributed by atoms with E-state index in [0.29, 0.717) is 28.9 Å². The van der Waals surface area contributed by atoms with Gasteiger partial charge in [0.25, 0.3) is 0 Å². The molecular weight excluding hydrogens is 413 g/mol. The van der Waals surface area contributed by atoms with Crippen LogP contribution in [0.3, 0.4) is 0 Å². The number of aliphatic hydroxyl groups excluding tert-OH is 1. The normalized spacial score (nSPS) is 17.5. The predicted octanol–water partition coefficient (Wildman–Crippen LogP) is 4.42. The molecule has 1 N–H and O–H groups in total. The van der Waals surface area contributed by atoms with Crippen molar-refractivity contribution >= 4 is 23.2 Å². The minimum atomic E-state index is -0.665. The Hall–Kier alpha value is -1.50. The zero-order valence-corrected chi connectivity index (χ0v) is 18.0. The molecule has 1 aliphatic rings. The number of hydrogen-bond donors (Lipinski definition) is 1. The molecule has 158 valence electrons. The second-order valence-corrected chi connectivity index (χ2v) is 8.06. The first kappa shape index (κ1) is 22.2. The van der Waals surface area contributed by atoms with Gasteiger partial charge >= 0.3 is 0 Å². The molecule has 1 fully saturated rings. The van der Waals surface area contributed by atoms with E-state index in [0.717, 1.165) is 37.3 Å². The van der Waals surface area contributed by atoms with Crippen LogP contribution in [0.25, 0.3) is 0 Å². The van der Waals surface area contributed by atoms with Gasteiger partial charge in [-0.1, -0.05) is 35.3 Å². The van der Waals surface area contributed by atoms with E-state index in [1.54, 1.807) is 25.3 Å². The van der Waals surface area contributed by atoms with E-state index in [2.05, 4.69) is 4.90 Å². The first-order valence-electron chi connectivity index (χ1n) is 9.76. The lowest BCUT2D eigenvalue weighted by Crippen LogP contribution is -2.39. The average Bonchev–Trinajstić information content (AvgIpc) is 3.21. The van der Waals surface area contributed by atoms with Crippen molar-refractivity contribution in [1.29, 1.82) is 0 Å². The highest BCUT2D eigenvalue weighted by molar-refractivity contribution is 6.35. The summed E-state index contributed by atoms with van der Waals surface area (Å²) in [7, 11) is 1.65. The van der Waals surface area contributed by atoms with Crippen LogP contribution in [0.2, 0.25) is 10.0 Å². The van der Waals surface area contributed by atoms with E-state index < -0.39 is 6.10 Å². The van der Waals surface area contributed by atoms with Crippen molar-refractivity contribution in [3.8, 4) is 11.5 Å². The molecule has 1 aliphatic heterocycles. The summed E-state index contributed by atoms with van der Waals surface area (Å²) < 4.78 is 16.7. The first-order chi connectivity index (χ1) is 14.0. The lowest BCUT2D eigenvalue weighted by atomic mass is 10.1. The maximum atomic E-state index is 10.6. The molecule has 2 atom stereocenters. The van der Waals surface area contributed by atoms with Gasteiger partial charge in [-0.05, 0) is 48.7 Å². The minimum Gasteiger partial charge on any atom is -0.497 e. The SMILES string of the molecule is COc1ccc(CN(CC(O)COc2ccc(Cl)cc2Cl)CC2CCCO2)cc1. The van der Waals surface area contributed by atoms with Crippen LogP contribution in [0.4, 0.5) is 0 Å². The molecule has 2 unspecified atom stereocenters. The van der Waals surface area contributed by atoms with E-state index in [-0.39, 0.29) is 12.7 Å². The van der Waals surface area contributed by atoms with Crippen LogP contribution in [0.15, 0.2) is 42.5 Å². The zero-order valence-electron chi connectivity index (χ0n) is 16.5. The number of methoxy groups -OCH3 is 1. The molecule has 29 heavy (non-hydrogen) atoms. The summed E-state index contributed by atoms with van der Waals surface area (Å²) in [5.74, 6) is 1.34. The fraction of sp³-hybridized carbons (Fsp3) is 0.455. The van der Waals surface area contributed by atoms with Crippen LogP contribution in [-0.2, 0) is 11.3 Å². The van der Waals surface area contributed by atoms with E-state index in [4.69, 9.17) is 37.4 Å². The molecule has 0 radical (unpaired) electrons. The second-order valence-electron chi connectivity index (χ2n) is 7.22. The van der Waals surface area contributed by atoms with Crippen molar-refractivity contribution in [2.75, 3.05) is 33.4 Å². The van der Waals surface area contributed by atoms with E-state index in [1.807, 2.05) is 24.3 Å². The van der Waals surface area contributed by atoms with Crippen LogP contribution in [-0.4, -0.2) is 55.6 Å². The van der Waals surface area contributed by atoms with Gasteiger partial charge in [-0.15, -0.1) is 0 Å². The largest absolute Gasteiger partial charge is 0.497 e. The van der Waals surface area contributed by atoms with Gasteiger partial charge in [0.1, 0.15) is 24.2 Å². The zero-order chi connectivity index (χ0) is 20.6. The Bertz CT molecular complexity index is 766. The fourth-order valence-electron chi connectivity index (χ4n) is 3.40. The number of ether oxygens (including phenoxy) is 3. The van der Waals surface area contributed by atoms with Crippen molar-refractivity contribution in [3.05, 3.63) is 58.1 Å². The van der Waals surface area contributed by atoms with Crippen molar-refractivity contribution < 1.29 is 19.3 Å². The summed E-state index contributed by atoms with van der Waals surface area (Å²) >= 11 is 12.0. The highest BCUT2D eigenvalue weighted by atomic mass is 35.5. The molecule has 1 saturated heterocycles. The smallest absolute Gasteiger partial charge is 0.138 e. The van der Waals surface area contributed by atoms with Crippen LogP contribution in [0.1, 0.15) is 18.4 Å². The van der Waals surface area contributed by atoms with Crippen molar-refractivity contribution in [2.24, 2.45) is 0 Å². The van der Waals surface area contributed by atoms with E-state index in [1.165, 1.54) is 0 Å². The van der Waals surface area contributed by atoms with Gasteiger partial charge in [0.2, 0.25) is 0 Å². The van der Waals surface area contributed by atoms with Gasteiger partial charge in [0, 0.05) is 31.3 Å². The number of nitrogens with zero attached hydrogens (tertiary/aromatic N) is 1. The van der Waals surface area contributed by atoms with Gasteiger partial charge in [0.15, 0.2) is 0 Å². The monoisotopic (exact) mass is 439 g/mol. The van der Waals surface area contributed by atoms with Gasteiger partial charge in [-0.25, -0.2) is 0 Å². The first-order valence-corrected chi connectivity index (χ1v) is 10.5. The minimum absolute atomic E-state index is 0.145. The number of halogens is 2. The molecule has 3 rings (SSSR count). The fourth-order valence-corrected chi connectivity index (χ4v) is 3.86. The highest BCUT2D eigenvalue weighted by Gasteiger charge is 2.21. The number of aliphatic hydroxyl groups is 1. The van der Waals surface area contributed by atoms with Crippen LogP contribution >= 0.6 is 23.2 Å². The summed E-state index contributed by atoms with van der Waals surface area (Å²) in [5.41, 5.74) is 1.15. The highest BCUT2D eigenvalue weighted by Crippen LogP contribution is 2.27. The second kappa shape index (κ2) is 11.0. The lowest BCUT2D eigenvalue weighted by molar-refractivity contribution is 0.0314. The molecule has 1 heterocycles. The predicted molar refractivity (Wildman–Crippen MR) is 115 cm³/mol. The summed E-state index contributed by atoms with van der Waals surface area (Å²) in [4.78, 5) is 2.20. The van der Waals surface area contributed by atoms with Crippen LogP contribution < -0.4 is 9.47 Å². The van der Waals surface area contributed by atoms with Crippen molar-refractivity contribution in [1.82, 2.24) is 4.90 Å². The standard InChI is InChI=1S/C22H27Cl2NO4/c1-27-19-7-4-16(5-8-19)12-25(14-20-3-2-10-28-20)13-18(26)15-29-22-9-6-17(23)11-21(22)24/h4-9,11,18,20,26H,2-3,10,12-15H2,1H3. The maximum absolute atomic E-state index is 10.6. The van der Waals surface area contributed by atoms with Gasteiger partial charge < -0.3 is 19.3 Å². The molecule has 2 aromatic rings. The van der Waals surface area contributed by atoms with Gasteiger partial charge in [0.05, 0.1) is 18.2 Å². The van der Waals surface area contributed by atoms with E-state index >= 15 is 0 Å². The molecule has 0 aliphatic carbocycles. The number of rotatable bonds is 10. The van der Waals surface area contributed by atoms with E-state index in [9.17, 15) is 5.11 Å². The molecule has 5 nitrogen and oxygen atoms in total. The van der Waals surface area contributed by atoms with Gasteiger partial charge in [-0.2, -0.15) is 0 Å². The molecular formula is C22H27Cl2NO4.